The van der Waals surface area contributed by atoms with Crippen LogP contribution in [0.1, 0.15) is 27.2 Å². The Balaban J connectivity index is 3.72. The van der Waals surface area contributed by atoms with Gasteiger partial charge in [-0.3, -0.25) is 10.3 Å². The van der Waals surface area contributed by atoms with Gasteiger partial charge in [0.15, 0.2) is 0 Å². The van der Waals surface area contributed by atoms with Crippen LogP contribution in [-0.2, 0) is 0 Å². The normalized spacial score (nSPS) is 11.2. The molecule has 0 saturated carbocycles. The second kappa shape index (κ2) is 8.12. The minimum Gasteiger partial charge on any atom is -0.388 e. The van der Waals surface area contributed by atoms with Crippen LogP contribution in [0.5, 0.6) is 0 Å². The zero-order valence-corrected chi connectivity index (χ0v) is 10.4. The molecule has 14 heavy (non-hydrogen) atoms. The largest absolute Gasteiger partial charge is 0.388 e. The van der Waals surface area contributed by atoms with Gasteiger partial charge in [-0.25, -0.2) is 0 Å². The van der Waals surface area contributed by atoms with Crippen LogP contribution in [0.3, 0.4) is 0 Å². The molecular weight excluding hydrogens is 194 g/mol. The number of nitrogens with two attached hydrogens (primary N) is 1. The van der Waals surface area contributed by atoms with Crippen molar-refractivity contribution in [3.05, 3.63) is 0 Å². The third-order valence-corrected chi connectivity index (χ3v) is 3.01. The second-order valence-electron chi connectivity index (χ2n) is 3.60. The lowest BCUT2D eigenvalue weighted by molar-refractivity contribution is 0.242. The number of hydrogen-bond acceptors (Lipinski definition) is 3. The third kappa shape index (κ3) is 7.21. The van der Waals surface area contributed by atoms with Crippen molar-refractivity contribution in [1.82, 2.24) is 4.90 Å². The van der Waals surface area contributed by atoms with Gasteiger partial charge < -0.3 is 5.73 Å². The molecule has 84 valence electrons. The summed E-state index contributed by atoms with van der Waals surface area (Å²) in [6.07, 6.45) is 0.689. The van der Waals surface area contributed by atoms with Gasteiger partial charge in [0.05, 0.1) is 5.84 Å². The minimum atomic E-state index is 0.291. The van der Waals surface area contributed by atoms with E-state index in [-0.39, 0.29) is 0 Å². The van der Waals surface area contributed by atoms with Crippen LogP contribution in [-0.4, -0.2) is 41.4 Å². The zero-order chi connectivity index (χ0) is 11.0. The summed E-state index contributed by atoms with van der Waals surface area (Å²) in [5, 5.41) is 7.19. The maximum absolute atomic E-state index is 7.19. The van der Waals surface area contributed by atoms with E-state index in [4.69, 9.17) is 11.1 Å². The van der Waals surface area contributed by atoms with Crippen molar-refractivity contribution in [2.24, 2.45) is 5.73 Å². The Kier molecular flexibility index (Phi) is 7.99. The highest BCUT2D eigenvalue weighted by molar-refractivity contribution is 7.99. The van der Waals surface area contributed by atoms with Gasteiger partial charge in [0.1, 0.15) is 0 Å². The molecule has 4 heteroatoms. The maximum Gasteiger partial charge on any atom is 0.0918 e. The van der Waals surface area contributed by atoms with Gasteiger partial charge in [0.25, 0.3) is 0 Å². The Labute approximate surface area is 91.9 Å². The summed E-state index contributed by atoms with van der Waals surface area (Å²) in [5.74, 6) is 2.64. The standard InChI is InChI=1S/C10H23N3S/c1-4-14-8-7-13(9(2)3)6-5-10(11)12/h9H,4-8H2,1-3H3,(H3,11,12). The smallest absolute Gasteiger partial charge is 0.0918 e. The molecule has 0 rings (SSSR count). The molecule has 0 atom stereocenters. The lowest BCUT2D eigenvalue weighted by Crippen LogP contribution is -2.35. The summed E-state index contributed by atoms with van der Waals surface area (Å²) in [6, 6.07) is 0.548. The number of thioether (sulfide) groups is 1. The van der Waals surface area contributed by atoms with E-state index in [1.807, 2.05) is 11.8 Å². The molecule has 0 bridgehead atoms. The summed E-state index contributed by atoms with van der Waals surface area (Å²) >= 11 is 1.96. The Morgan fingerprint density at radius 3 is 2.50 bits per heavy atom. The van der Waals surface area contributed by atoms with E-state index in [0.29, 0.717) is 18.3 Å². The molecule has 0 aliphatic rings. The van der Waals surface area contributed by atoms with Crippen LogP contribution in [0, 0.1) is 5.41 Å². The summed E-state index contributed by atoms with van der Waals surface area (Å²) in [5.41, 5.74) is 5.35. The molecule has 3 nitrogen and oxygen atoms in total. The van der Waals surface area contributed by atoms with Crippen LogP contribution in [0.15, 0.2) is 0 Å². The quantitative estimate of drug-likeness (QED) is 0.370. The first kappa shape index (κ1) is 13.8. The van der Waals surface area contributed by atoms with Crippen molar-refractivity contribution in [3.8, 4) is 0 Å². The van der Waals surface area contributed by atoms with E-state index < -0.39 is 0 Å². The topological polar surface area (TPSA) is 53.1 Å². The van der Waals surface area contributed by atoms with Crippen LogP contribution in [0.25, 0.3) is 0 Å². The molecule has 0 aromatic heterocycles. The summed E-state index contributed by atoms with van der Waals surface area (Å²) in [6.45, 7) is 8.58. The highest BCUT2D eigenvalue weighted by Crippen LogP contribution is 2.04. The molecule has 0 unspecified atom stereocenters. The van der Waals surface area contributed by atoms with E-state index in [9.17, 15) is 0 Å². The molecule has 0 fully saturated rings. The predicted octanol–water partition coefficient (Wildman–Crippen LogP) is 1.78. The van der Waals surface area contributed by atoms with Crippen molar-refractivity contribution >= 4 is 17.6 Å². The minimum absolute atomic E-state index is 0.291. The van der Waals surface area contributed by atoms with Crippen molar-refractivity contribution in [1.29, 1.82) is 5.41 Å². The SMILES string of the molecule is CCSCCN(CCC(=N)N)C(C)C. The fourth-order valence-electron chi connectivity index (χ4n) is 1.22. The summed E-state index contributed by atoms with van der Waals surface area (Å²) in [4.78, 5) is 2.38. The first-order chi connectivity index (χ1) is 6.57. The van der Waals surface area contributed by atoms with Gasteiger partial charge >= 0.3 is 0 Å². The van der Waals surface area contributed by atoms with Crippen molar-refractivity contribution in [2.45, 2.75) is 33.2 Å². The second-order valence-corrected chi connectivity index (χ2v) is 5.00. The lowest BCUT2D eigenvalue weighted by atomic mass is 10.3. The molecular formula is C10H23N3S. The maximum atomic E-state index is 7.19. The van der Waals surface area contributed by atoms with E-state index in [0.717, 1.165) is 13.1 Å². The molecule has 0 saturated heterocycles. The fraction of sp³-hybridized carbons (Fsp3) is 0.900. The van der Waals surface area contributed by atoms with E-state index >= 15 is 0 Å². The third-order valence-electron chi connectivity index (χ3n) is 2.13. The molecule has 0 heterocycles. The van der Waals surface area contributed by atoms with Crippen molar-refractivity contribution in [2.75, 3.05) is 24.6 Å². The van der Waals surface area contributed by atoms with Gasteiger partial charge in [-0.15, -0.1) is 0 Å². The Bertz CT molecular complexity index is 159. The Hall–Kier alpha value is -0.220. The lowest BCUT2D eigenvalue weighted by Gasteiger charge is -2.25. The van der Waals surface area contributed by atoms with Crippen LogP contribution in [0.2, 0.25) is 0 Å². The average molecular weight is 217 g/mol. The molecule has 0 aliphatic heterocycles. The van der Waals surface area contributed by atoms with Crippen molar-refractivity contribution in [3.63, 3.8) is 0 Å². The van der Waals surface area contributed by atoms with E-state index in [1.165, 1.54) is 11.5 Å². The van der Waals surface area contributed by atoms with E-state index in [1.54, 1.807) is 0 Å². The number of rotatable bonds is 8. The van der Waals surface area contributed by atoms with Gasteiger partial charge in [0, 0.05) is 31.3 Å². The van der Waals surface area contributed by atoms with Gasteiger partial charge in [-0.1, -0.05) is 6.92 Å². The molecule has 0 spiro atoms. The van der Waals surface area contributed by atoms with Gasteiger partial charge in [0.2, 0.25) is 0 Å². The first-order valence-corrected chi connectivity index (χ1v) is 6.38. The molecule has 0 radical (unpaired) electrons. The Morgan fingerprint density at radius 2 is 2.07 bits per heavy atom. The highest BCUT2D eigenvalue weighted by Gasteiger charge is 2.08. The highest BCUT2D eigenvalue weighted by atomic mass is 32.2. The number of nitrogens with one attached hydrogen (secondary N) is 1. The van der Waals surface area contributed by atoms with Gasteiger partial charge in [-0.2, -0.15) is 11.8 Å². The monoisotopic (exact) mass is 217 g/mol. The zero-order valence-electron chi connectivity index (χ0n) is 9.55. The summed E-state index contributed by atoms with van der Waals surface area (Å²) in [7, 11) is 0. The molecule has 0 aliphatic carbocycles. The number of hydrogen-bond donors (Lipinski definition) is 2. The fourth-order valence-corrected chi connectivity index (χ4v) is 1.87. The van der Waals surface area contributed by atoms with Crippen LogP contribution >= 0.6 is 11.8 Å². The van der Waals surface area contributed by atoms with Crippen LogP contribution in [0.4, 0.5) is 0 Å². The molecule has 0 aromatic carbocycles. The number of amidine groups is 1. The summed E-state index contributed by atoms with van der Waals surface area (Å²) < 4.78 is 0. The molecule has 3 N–H and O–H groups in total. The average Bonchev–Trinajstić information content (AvgIpc) is 2.10. The first-order valence-electron chi connectivity index (χ1n) is 5.22. The molecule has 0 aromatic rings. The van der Waals surface area contributed by atoms with E-state index in [2.05, 4.69) is 25.7 Å². The van der Waals surface area contributed by atoms with Gasteiger partial charge in [-0.05, 0) is 19.6 Å². The number of nitrogens with zero attached hydrogens (tertiary/aromatic N) is 1. The Morgan fingerprint density at radius 1 is 1.43 bits per heavy atom. The molecule has 0 amide bonds. The predicted molar refractivity (Wildman–Crippen MR) is 66.2 cm³/mol. The van der Waals surface area contributed by atoms with Crippen molar-refractivity contribution < 1.29 is 0 Å². The van der Waals surface area contributed by atoms with Crippen LogP contribution < -0.4 is 5.73 Å².